The molecule has 0 amide bonds. The lowest BCUT2D eigenvalue weighted by Crippen LogP contribution is -2.10. The number of carbonyl (C=O) groups is 1. The average molecular weight is 238 g/mol. The van der Waals surface area contributed by atoms with Gasteiger partial charge in [-0.3, -0.25) is 4.79 Å². The van der Waals surface area contributed by atoms with E-state index in [0.29, 0.717) is 18.9 Å². The quantitative estimate of drug-likeness (QED) is 0.466. The van der Waals surface area contributed by atoms with Crippen molar-refractivity contribution in [3.63, 3.8) is 0 Å². The molecular formula is C15H26O2. The van der Waals surface area contributed by atoms with E-state index < -0.39 is 0 Å². The molecule has 1 heterocycles. The molecule has 0 N–H and O–H groups in total. The summed E-state index contributed by atoms with van der Waals surface area (Å²) in [5.74, 6) is 0.323. The van der Waals surface area contributed by atoms with Crippen molar-refractivity contribution in [1.29, 1.82) is 0 Å². The van der Waals surface area contributed by atoms with Crippen LogP contribution in [0.2, 0.25) is 0 Å². The summed E-state index contributed by atoms with van der Waals surface area (Å²) in [5.41, 5.74) is 0. The molecule has 0 aromatic heterocycles. The molecule has 0 saturated heterocycles. The van der Waals surface area contributed by atoms with E-state index in [1.165, 1.54) is 38.5 Å². The number of hydrogen-bond acceptors (Lipinski definition) is 2. The standard InChI is InChI=1S/C15H26O2/c1-14-11-9-7-5-3-2-4-6-8-10-12-15(16)17-13-14/h9,11,14H,2-8,10,12-13H2,1H3/b11-9-. The van der Waals surface area contributed by atoms with Crippen molar-refractivity contribution < 1.29 is 9.53 Å². The number of esters is 1. The summed E-state index contributed by atoms with van der Waals surface area (Å²) in [5, 5.41) is 0. The summed E-state index contributed by atoms with van der Waals surface area (Å²) in [7, 11) is 0. The van der Waals surface area contributed by atoms with Gasteiger partial charge >= 0.3 is 5.97 Å². The molecule has 0 aliphatic carbocycles. The number of carbonyl (C=O) groups excluding carboxylic acids is 1. The van der Waals surface area contributed by atoms with Crippen molar-refractivity contribution >= 4 is 5.97 Å². The van der Waals surface area contributed by atoms with Gasteiger partial charge in [-0.05, 0) is 19.3 Å². The van der Waals surface area contributed by atoms with E-state index in [9.17, 15) is 4.79 Å². The summed E-state index contributed by atoms with van der Waals surface area (Å²) in [6.07, 6.45) is 14.9. The van der Waals surface area contributed by atoms with Gasteiger partial charge in [-0.2, -0.15) is 0 Å². The van der Waals surface area contributed by atoms with Gasteiger partial charge in [0.2, 0.25) is 0 Å². The SMILES string of the molecule is CC1/C=C\CCCCCCCCCC(=O)OC1. The van der Waals surface area contributed by atoms with E-state index in [2.05, 4.69) is 19.1 Å². The fourth-order valence-corrected chi connectivity index (χ4v) is 2.10. The fraction of sp³-hybridized carbons (Fsp3) is 0.800. The molecule has 0 spiro atoms. The van der Waals surface area contributed by atoms with Gasteiger partial charge < -0.3 is 4.74 Å². The molecule has 1 aliphatic rings. The first-order chi connectivity index (χ1) is 8.29. The number of ether oxygens (including phenoxy) is 1. The molecule has 17 heavy (non-hydrogen) atoms. The van der Waals surface area contributed by atoms with E-state index >= 15 is 0 Å². The Bertz CT molecular complexity index is 233. The Morgan fingerprint density at radius 1 is 1.06 bits per heavy atom. The van der Waals surface area contributed by atoms with E-state index in [1.807, 2.05) is 0 Å². The highest BCUT2D eigenvalue weighted by molar-refractivity contribution is 5.69. The van der Waals surface area contributed by atoms with Gasteiger partial charge in [-0.15, -0.1) is 0 Å². The molecule has 1 unspecified atom stereocenters. The Hall–Kier alpha value is -0.790. The normalized spacial score (nSPS) is 27.6. The summed E-state index contributed by atoms with van der Waals surface area (Å²) < 4.78 is 5.24. The summed E-state index contributed by atoms with van der Waals surface area (Å²) >= 11 is 0. The molecule has 0 bridgehead atoms. The van der Waals surface area contributed by atoms with Crippen LogP contribution in [0, 0.1) is 5.92 Å². The lowest BCUT2D eigenvalue weighted by Gasteiger charge is -2.08. The Balaban J connectivity index is 2.31. The van der Waals surface area contributed by atoms with E-state index in [-0.39, 0.29) is 5.97 Å². The predicted molar refractivity (Wildman–Crippen MR) is 70.8 cm³/mol. The maximum Gasteiger partial charge on any atom is 0.305 e. The highest BCUT2D eigenvalue weighted by Crippen LogP contribution is 2.12. The topological polar surface area (TPSA) is 26.3 Å². The highest BCUT2D eigenvalue weighted by atomic mass is 16.5. The summed E-state index contributed by atoms with van der Waals surface area (Å²) in [6.45, 7) is 2.64. The van der Waals surface area contributed by atoms with Crippen molar-refractivity contribution in [3.05, 3.63) is 12.2 Å². The number of cyclic esters (lactones) is 1. The van der Waals surface area contributed by atoms with Crippen LogP contribution in [0.5, 0.6) is 0 Å². The van der Waals surface area contributed by atoms with E-state index in [4.69, 9.17) is 4.74 Å². The lowest BCUT2D eigenvalue weighted by molar-refractivity contribution is -0.144. The zero-order valence-corrected chi connectivity index (χ0v) is 11.1. The van der Waals surface area contributed by atoms with Crippen LogP contribution in [-0.2, 0) is 9.53 Å². The molecule has 1 aliphatic heterocycles. The van der Waals surface area contributed by atoms with Gasteiger partial charge in [-0.1, -0.05) is 51.2 Å². The van der Waals surface area contributed by atoms with Crippen LogP contribution in [0.15, 0.2) is 12.2 Å². The maximum absolute atomic E-state index is 11.4. The molecule has 1 atom stereocenters. The third kappa shape index (κ3) is 8.00. The minimum absolute atomic E-state index is 0.0277. The maximum atomic E-state index is 11.4. The van der Waals surface area contributed by atoms with Crippen LogP contribution in [-0.4, -0.2) is 12.6 Å². The monoisotopic (exact) mass is 238 g/mol. The average Bonchev–Trinajstić information content (AvgIpc) is 2.33. The van der Waals surface area contributed by atoms with Crippen LogP contribution in [0.3, 0.4) is 0 Å². The van der Waals surface area contributed by atoms with Gasteiger partial charge in [0.1, 0.15) is 0 Å². The molecular weight excluding hydrogens is 212 g/mol. The van der Waals surface area contributed by atoms with Crippen LogP contribution < -0.4 is 0 Å². The Morgan fingerprint density at radius 2 is 1.71 bits per heavy atom. The first-order valence-electron chi connectivity index (χ1n) is 7.11. The van der Waals surface area contributed by atoms with Gasteiger partial charge in [0.25, 0.3) is 0 Å². The third-order valence-corrected chi connectivity index (χ3v) is 3.22. The van der Waals surface area contributed by atoms with E-state index in [0.717, 1.165) is 12.8 Å². The van der Waals surface area contributed by atoms with Crippen molar-refractivity contribution in [2.24, 2.45) is 5.92 Å². The molecule has 0 aromatic carbocycles. The molecule has 0 fully saturated rings. The van der Waals surface area contributed by atoms with Crippen LogP contribution in [0.25, 0.3) is 0 Å². The lowest BCUT2D eigenvalue weighted by atomic mass is 10.1. The van der Waals surface area contributed by atoms with Gasteiger partial charge in [0.05, 0.1) is 6.61 Å². The number of allylic oxidation sites excluding steroid dienone is 1. The molecule has 98 valence electrons. The molecule has 2 nitrogen and oxygen atoms in total. The zero-order chi connectivity index (χ0) is 12.3. The molecule has 2 heteroatoms. The van der Waals surface area contributed by atoms with Gasteiger partial charge in [0, 0.05) is 12.3 Å². The zero-order valence-electron chi connectivity index (χ0n) is 11.1. The summed E-state index contributed by atoms with van der Waals surface area (Å²) in [6, 6.07) is 0. The van der Waals surface area contributed by atoms with Crippen molar-refractivity contribution in [2.45, 2.75) is 64.7 Å². The minimum atomic E-state index is -0.0277. The van der Waals surface area contributed by atoms with Gasteiger partial charge in [-0.25, -0.2) is 0 Å². The molecule has 0 aromatic rings. The largest absolute Gasteiger partial charge is 0.465 e. The summed E-state index contributed by atoms with van der Waals surface area (Å²) in [4.78, 5) is 11.4. The van der Waals surface area contributed by atoms with Crippen LogP contribution in [0.1, 0.15) is 64.7 Å². The van der Waals surface area contributed by atoms with Crippen molar-refractivity contribution in [3.8, 4) is 0 Å². The first-order valence-corrected chi connectivity index (χ1v) is 7.11. The van der Waals surface area contributed by atoms with Crippen molar-refractivity contribution in [2.75, 3.05) is 6.61 Å². The van der Waals surface area contributed by atoms with E-state index in [1.54, 1.807) is 0 Å². The number of rotatable bonds is 0. The number of hydrogen-bond donors (Lipinski definition) is 0. The second-order valence-electron chi connectivity index (χ2n) is 5.10. The van der Waals surface area contributed by atoms with Crippen molar-refractivity contribution in [1.82, 2.24) is 0 Å². The minimum Gasteiger partial charge on any atom is -0.465 e. The van der Waals surface area contributed by atoms with Crippen LogP contribution in [0.4, 0.5) is 0 Å². The Labute approximate surface area is 105 Å². The van der Waals surface area contributed by atoms with Crippen LogP contribution >= 0.6 is 0 Å². The highest BCUT2D eigenvalue weighted by Gasteiger charge is 2.05. The Morgan fingerprint density at radius 3 is 2.47 bits per heavy atom. The Kier molecular flexibility index (Phi) is 7.78. The molecule has 1 rings (SSSR count). The molecule has 0 saturated carbocycles. The van der Waals surface area contributed by atoms with Gasteiger partial charge in [0.15, 0.2) is 0 Å². The second kappa shape index (κ2) is 9.26. The predicted octanol–water partition coefficient (Wildman–Crippen LogP) is 4.25. The molecule has 0 radical (unpaired) electrons. The second-order valence-corrected chi connectivity index (χ2v) is 5.10. The third-order valence-electron chi connectivity index (χ3n) is 3.22. The smallest absolute Gasteiger partial charge is 0.305 e. The first kappa shape index (κ1) is 14.3. The fourth-order valence-electron chi connectivity index (χ4n) is 2.10.